The second-order valence-corrected chi connectivity index (χ2v) is 4.80. The molecule has 1 aliphatic rings. The average molecular weight is 225 g/mol. The van der Waals surface area contributed by atoms with Gasteiger partial charge in [0.1, 0.15) is 0 Å². The van der Waals surface area contributed by atoms with E-state index >= 15 is 0 Å². The number of nitrogens with one attached hydrogen (secondary N) is 1. The van der Waals surface area contributed by atoms with E-state index in [4.69, 9.17) is 5.73 Å². The van der Waals surface area contributed by atoms with Crippen LogP contribution in [0.2, 0.25) is 0 Å². The van der Waals surface area contributed by atoms with Gasteiger partial charge < -0.3 is 16.2 Å². The fraction of sp³-hybridized carbons (Fsp3) is 0.750. The van der Waals surface area contributed by atoms with Gasteiger partial charge >= 0.3 is 0 Å². The number of guanidine groups is 1. The predicted molar refractivity (Wildman–Crippen MR) is 67.3 cm³/mol. The van der Waals surface area contributed by atoms with Crippen LogP contribution in [0.1, 0.15) is 39.0 Å². The third kappa shape index (κ3) is 4.66. The van der Waals surface area contributed by atoms with Crippen molar-refractivity contribution >= 4 is 5.96 Å². The zero-order valence-corrected chi connectivity index (χ0v) is 10.1. The quantitative estimate of drug-likeness (QED) is 0.382. The van der Waals surface area contributed by atoms with Gasteiger partial charge in [-0.2, -0.15) is 0 Å². The lowest BCUT2D eigenvalue weighted by molar-refractivity contribution is 0.0132. The van der Waals surface area contributed by atoms with Crippen LogP contribution in [0.3, 0.4) is 0 Å². The number of aliphatic imine (C=N–C) groups is 1. The van der Waals surface area contributed by atoms with E-state index in [9.17, 15) is 5.11 Å². The molecule has 0 unspecified atom stereocenters. The van der Waals surface area contributed by atoms with Gasteiger partial charge in [0.05, 0.1) is 12.1 Å². The molecule has 1 fully saturated rings. The second kappa shape index (κ2) is 5.89. The van der Waals surface area contributed by atoms with Crippen molar-refractivity contribution in [2.75, 3.05) is 13.1 Å². The number of hydrogen-bond donors (Lipinski definition) is 3. The van der Waals surface area contributed by atoms with E-state index in [0.717, 1.165) is 31.3 Å². The van der Waals surface area contributed by atoms with Crippen molar-refractivity contribution in [1.29, 1.82) is 0 Å². The van der Waals surface area contributed by atoms with Crippen LogP contribution in [0.4, 0.5) is 0 Å². The van der Waals surface area contributed by atoms with E-state index < -0.39 is 5.60 Å². The zero-order chi connectivity index (χ0) is 12.0. The summed E-state index contributed by atoms with van der Waals surface area (Å²) >= 11 is 0. The minimum atomic E-state index is -0.631. The molecule has 0 spiro atoms. The van der Waals surface area contributed by atoms with Crippen LogP contribution in [0.15, 0.2) is 17.1 Å². The third-order valence-electron chi connectivity index (χ3n) is 2.90. The van der Waals surface area contributed by atoms with E-state index in [1.54, 1.807) is 0 Å². The molecule has 1 saturated carbocycles. The van der Waals surface area contributed by atoms with Gasteiger partial charge in [-0.15, -0.1) is 0 Å². The second-order valence-electron chi connectivity index (χ2n) is 4.80. The Kier molecular flexibility index (Phi) is 4.80. The summed E-state index contributed by atoms with van der Waals surface area (Å²) in [5, 5.41) is 13.1. The first-order valence-corrected chi connectivity index (χ1v) is 5.92. The monoisotopic (exact) mass is 225 g/mol. The molecule has 0 heterocycles. The Hall–Kier alpha value is -1.03. The summed E-state index contributed by atoms with van der Waals surface area (Å²) in [5.41, 5.74) is 6.06. The summed E-state index contributed by atoms with van der Waals surface area (Å²) in [5.74, 6) is 0.391. The molecule has 0 amide bonds. The molecule has 0 aromatic heterocycles. The smallest absolute Gasteiger partial charge is 0.188 e. The van der Waals surface area contributed by atoms with E-state index in [1.165, 1.54) is 6.42 Å². The van der Waals surface area contributed by atoms with Crippen LogP contribution in [0, 0.1) is 0 Å². The lowest BCUT2D eigenvalue weighted by atomic mass is 9.85. The van der Waals surface area contributed by atoms with Gasteiger partial charge in [-0.1, -0.05) is 31.4 Å². The number of hydrogen-bond acceptors (Lipinski definition) is 2. The molecule has 4 heteroatoms. The summed E-state index contributed by atoms with van der Waals surface area (Å²) in [7, 11) is 0. The Morgan fingerprint density at radius 3 is 2.62 bits per heavy atom. The maximum atomic E-state index is 10.2. The molecule has 0 radical (unpaired) electrons. The minimum Gasteiger partial charge on any atom is -0.388 e. The number of nitrogens with two attached hydrogens (primary N) is 1. The third-order valence-corrected chi connectivity index (χ3v) is 2.90. The highest BCUT2D eigenvalue weighted by Gasteiger charge is 2.28. The van der Waals surface area contributed by atoms with Crippen LogP contribution >= 0.6 is 0 Å². The van der Waals surface area contributed by atoms with Crippen molar-refractivity contribution in [2.45, 2.75) is 44.6 Å². The topological polar surface area (TPSA) is 70.6 Å². The Morgan fingerprint density at radius 2 is 2.06 bits per heavy atom. The predicted octanol–water partition coefficient (Wildman–Crippen LogP) is 1.16. The molecule has 0 aliphatic heterocycles. The minimum absolute atomic E-state index is 0.391. The summed E-state index contributed by atoms with van der Waals surface area (Å²) in [6.45, 7) is 6.73. The summed E-state index contributed by atoms with van der Waals surface area (Å²) in [6, 6.07) is 0. The van der Waals surface area contributed by atoms with Gasteiger partial charge in [-0.25, -0.2) is 0 Å². The van der Waals surface area contributed by atoms with Crippen LogP contribution in [0.5, 0.6) is 0 Å². The summed E-state index contributed by atoms with van der Waals surface area (Å²) < 4.78 is 0. The van der Waals surface area contributed by atoms with Crippen molar-refractivity contribution in [3.8, 4) is 0 Å². The lowest BCUT2D eigenvalue weighted by Gasteiger charge is -2.30. The van der Waals surface area contributed by atoms with Crippen LogP contribution in [-0.2, 0) is 0 Å². The van der Waals surface area contributed by atoms with E-state index in [2.05, 4.69) is 16.9 Å². The molecule has 0 atom stereocenters. The van der Waals surface area contributed by atoms with Gasteiger partial charge in [0.15, 0.2) is 5.96 Å². The molecular formula is C12H23N3O. The largest absolute Gasteiger partial charge is 0.388 e. The zero-order valence-electron chi connectivity index (χ0n) is 10.1. The Labute approximate surface area is 97.6 Å². The Balaban J connectivity index is 2.35. The van der Waals surface area contributed by atoms with E-state index in [-0.39, 0.29) is 0 Å². The molecule has 4 nitrogen and oxygen atoms in total. The first-order valence-electron chi connectivity index (χ1n) is 5.92. The van der Waals surface area contributed by atoms with Crippen molar-refractivity contribution < 1.29 is 5.11 Å². The van der Waals surface area contributed by atoms with Crippen LogP contribution in [0.25, 0.3) is 0 Å². The van der Waals surface area contributed by atoms with Crippen LogP contribution < -0.4 is 11.1 Å². The van der Waals surface area contributed by atoms with Crippen molar-refractivity contribution in [3.05, 3.63) is 12.2 Å². The number of aliphatic hydroxyl groups is 1. The van der Waals surface area contributed by atoms with E-state index in [1.807, 2.05) is 6.92 Å². The Morgan fingerprint density at radius 1 is 1.44 bits per heavy atom. The molecule has 16 heavy (non-hydrogen) atoms. The number of rotatable bonds is 4. The molecule has 0 bridgehead atoms. The highest BCUT2D eigenvalue weighted by molar-refractivity contribution is 5.78. The van der Waals surface area contributed by atoms with Crippen molar-refractivity contribution in [2.24, 2.45) is 10.7 Å². The first kappa shape index (κ1) is 13.0. The fourth-order valence-corrected chi connectivity index (χ4v) is 1.90. The molecule has 1 rings (SSSR count). The molecule has 0 aromatic rings. The van der Waals surface area contributed by atoms with Gasteiger partial charge in [0, 0.05) is 6.54 Å². The standard InChI is InChI=1S/C12H23N3O/c1-10(2)8-14-11(13)15-9-12(16)6-4-3-5-7-12/h16H,1,3-9H2,2H3,(H3,13,14,15). The lowest BCUT2D eigenvalue weighted by Crippen LogP contribution is -2.38. The SMILES string of the molecule is C=C(C)CNC(N)=NCC1(O)CCCCC1. The molecule has 92 valence electrons. The molecule has 1 aliphatic carbocycles. The Bertz CT molecular complexity index is 267. The molecule has 0 aromatic carbocycles. The van der Waals surface area contributed by atoms with Crippen LogP contribution in [-0.4, -0.2) is 29.8 Å². The number of nitrogens with zero attached hydrogens (tertiary/aromatic N) is 1. The van der Waals surface area contributed by atoms with Gasteiger partial charge in [0.2, 0.25) is 0 Å². The van der Waals surface area contributed by atoms with Crippen molar-refractivity contribution in [1.82, 2.24) is 5.32 Å². The maximum Gasteiger partial charge on any atom is 0.188 e. The molecular weight excluding hydrogens is 202 g/mol. The first-order chi connectivity index (χ1) is 7.52. The summed E-state index contributed by atoms with van der Waals surface area (Å²) in [6.07, 6.45) is 5.07. The van der Waals surface area contributed by atoms with Gasteiger partial charge in [-0.3, -0.25) is 4.99 Å². The highest BCUT2D eigenvalue weighted by atomic mass is 16.3. The summed E-state index contributed by atoms with van der Waals surface area (Å²) in [4.78, 5) is 4.18. The maximum absolute atomic E-state index is 10.2. The van der Waals surface area contributed by atoms with E-state index in [0.29, 0.717) is 19.0 Å². The van der Waals surface area contributed by atoms with Gasteiger partial charge in [0.25, 0.3) is 0 Å². The van der Waals surface area contributed by atoms with Crippen molar-refractivity contribution in [3.63, 3.8) is 0 Å². The normalized spacial score (nSPS) is 20.5. The fourth-order valence-electron chi connectivity index (χ4n) is 1.90. The average Bonchev–Trinajstić information content (AvgIpc) is 2.25. The molecule has 4 N–H and O–H groups in total. The highest BCUT2D eigenvalue weighted by Crippen LogP contribution is 2.27. The van der Waals surface area contributed by atoms with Gasteiger partial charge in [-0.05, 0) is 19.8 Å². The molecule has 0 saturated heterocycles.